The molecule has 3 heterocycles. The van der Waals surface area contributed by atoms with Gasteiger partial charge in [-0.3, -0.25) is 14.8 Å². The van der Waals surface area contributed by atoms with E-state index >= 15 is 0 Å². The maximum absolute atomic E-state index is 12.3. The van der Waals surface area contributed by atoms with Crippen LogP contribution in [0.1, 0.15) is 28.8 Å². The van der Waals surface area contributed by atoms with Crippen LogP contribution in [0.3, 0.4) is 0 Å². The fraction of sp³-hybridized carbons (Fsp3) is 0.150. The number of esters is 1. The van der Waals surface area contributed by atoms with E-state index in [1.807, 2.05) is 30.3 Å². The van der Waals surface area contributed by atoms with Crippen LogP contribution in [0, 0.1) is 0 Å². The van der Waals surface area contributed by atoms with Crippen LogP contribution in [-0.2, 0) is 9.53 Å². The van der Waals surface area contributed by atoms with E-state index in [0.717, 1.165) is 10.9 Å². The second-order valence-corrected chi connectivity index (χ2v) is 6.01. The van der Waals surface area contributed by atoms with Gasteiger partial charge >= 0.3 is 5.97 Å². The van der Waals surface area contributed by atoms with E-state index in [4.69, 9.17) is 4.74 Å². The molecule has 1 aliphatic rings. The van der Waals surface area contributed by atoms with Crippen LogP contribution in [0.25, 0.3) is 10.9 Å². The van der Waals surface area contributed by atoms with Crippen molar-refractivity contribution < 1.29 is 14.3 Å². The predicted molar refractivity (Wildman–Crippen MR) is 101 cm³/mol. The zero-order valence-electron chi connectivity index (χ0n) is 14.5. The second kappa shape index (κ2) is 6.95. The summed E-state index contributed by atoms with van der Waals surface area (Å²) in [4.78, 5) is 37.1. The SMILES string of the molecule is CCOC(=O)c1cnc2c(c1)C(C=Nc1ccc3ncccc3c1)C(=O)N2. The molecule has 0 fully saturated rings. The molecular formula is C20H16N4O3. The molecule has 2 aromatic heterocycles. The lowest BCUT2D eigenvalue weighted by Gasteiger charge is -2.05. The Balaban J connectivity index is 1.64. The number of carbonyl (C=O) groups is 2. The molecule has 0 bridgehead atoms. The highest BCUT2D eigenvalue weighted by Gasteiger charge is 2.31. The Labute approximate surface area is 155 Å². The highest BCUT2D eigenvalue weighted by Crippen LogP contribution is 2.31. The Morgan fingerprint density at radius 2 is 2.19 bits per heavy atom. The minimum absolute atomic E-state index is 0.232. The quantitative estimate of drug-likeness (QED) is 0.569. The summed E-state index contributed by atoms with van der Waals surface area (Å²) in [6, 6.07) is 11.1. The number of amides is 1. The molecule has 134 valence electrons. The lowest BCUT2D eigenvalue weighted by molar-refractivity contribution is -0.115. The number of nitrogens with zero attached hydrogens (tertiary/aromatic N) is 3. The molecule has 0 spiro atoms. The van der Waals surface area contributed by atoms with Gasteiger partial charge in [-0.15, -0.1) is 0 Å². The normalized spacial score (nSPS) is 15.7. The van der Waals surface area contributed by atoms with Crippen molar-refractivity contribution in [1.82, 2.24) is 9.97 Å². The molecule has 1 amide bonds. The van der Waals surface area contributed by atoms with Crippen molar-refractivity contribution in [2.75, 3.05) is 11.9 Å². The Bertz CT molecular complexity index is 1080. The fourth-order valence-corrected chi connectivity index (χ4v) is 2.94. The first kappa shape index (κ1) is 16.8. The summed E-state index contributed by atoms with van der Waals surface area (Å²) >= 11 is 0. The third-order valence-electron chi connectivity index (χ3n) is 4.25. The number of carbonyl (C=O) groups excluding carboxylic acids is 2. The van der Waals surface area contributed by atoms with Crippen LogP contribution in [0.15, 0.2) is 53.8 Å². The van der Waals surface area contributed by atoms with Gasteiger partial charge in [0.1, 0.15) is 11.7 Å². The third kappa shape index (κ3) is 3.27. The van der Waals surface area contributed by atoms with E-state index in [1.165, 1.54) is 6.20 Å². The number of fused-ring (bicyclic) bond motifs is 2. The van der Waals surface area contributed by atoms with Gasteiger partial charge in [0.2, 0.25) is 5.91 Å². The molecule has 1 aromatic carbocycles. The smallest absolute Gasteiger partial charge is 0.339 e. The standard InChI is InChI=1S/C20H16N4O3/c1-2-27-20(26)13-9-15-16(19(25)24-18(15)23-10-13)11-22-14-5-6-17-12(8-14)4-3-7-21-17/h3-11,16H,2H2,1H3,(H,23,24,25). The number of hydrogen-bond donors (Lipinski definition) is 1. The van der Waals surface area contributed by atoms with Crippen molar-refractivity contribution in [3.8, 4) is 0 Å². The molecule has 0 saturated heterocycles. The molecular weight excluding hydrogens is 344 g/mol. The van der Waals surface area contributed by atoms with Crippen molar-refractivity contribution in [2.24, 2.45) is 4.99 Å². The maximum Gasteiger partial charge on any atom is 0.339 e. The number of anilines is 1. The zero-order valence-corrected chi connectivity index (χ0v) is 14.5. The van der Waals surface area contributed by atoms with E-state index in [1.54, 1.807) is 25.4 Å². The monoisotopic (exact) mass is 360 g/mol. The molecule has 0 radical (unpaired) electrons. The lowest BCUT2D eigenvalue weighted by Crippen LogP contribution is -2.13. The Morgan fingerprint density at radius 1 is 1.30 bits per heavy atom. The molecule has 7 heteroatoms. The zero-order chi connectivity index (χ0) is 18.8. The van der Waals surface area contributed by atoms with E-state index in [2.05, 4.69) is 20.3 Å². The summed E-state index contributed by atoms with van der Waals surface area (Å²) < 4.78 is 5.00. The Kier molecular flexibility index (Phi) is 4.33. The van der Waals surface area contributed by atoms with Gasteiger partial charge in [-0.1, -0.05) is 6.07 Å². The first-order valence-corrected chi connectivity index (χ1v) is 8.52. The van der Waals surface area contributed by atoms with Gasteiger partial charge in [0.25, 0.3) is 0 Å². The van der Waals surface area contributed by atoms with Crippen molar-refractivity contribution in [1.29, 1.82) is 0 Å². The number of rotatable bonds is 4. The van der Waals surface area contributed by atoms with Crippen LogP contribution in [0.4, 0.5) is 11.5 Å². The van der Waals surface area contributed by atoms with E-state index in [9.17, 15) is 9.59 Å². The molecule has 27 heavy (non-hydrogen) atoms. The van der Waals surface area contributed by atoms with Crippen molar-refractivity contribution >= 4 is 40.5 Å². The molecule has 1 aliphatic heterocycles. The van der Waals surface area contributed by atoms with Gasteiger partial charge < -0.3 is 10.1 Å². The molecule has 4 rings (SSSR count). The number of pyridine rings is 2. The highest BCUT2D eigenvalue weighted by atomic mass is 16.5. The summed E-state index contributed by atoms with van der Waals surface area (Å²) in [5.41, 5.74) is 2.51. The first-order valence-electron chi connectivity index (χ1n) is 8.52. The Hall–Kier alpha value is -3.61. The number of hydrogen-bond acceptors (Lipinski definition) is 6. The van der Waals surface area contributed by atoms with Crippen molar-refractivity contribution in [2.45, 2.75) is 12.8 Å². The summed E-state index contributed by atoms with van der Waals surface area (Å²) in [5.74, 6) is -0.881. The van der Waals surface area contributed by atoms with Crippen LogP contribution in [-0.4, -0.2) is 34.7 Å². The van der Waals surface area contributed by atoms with Crippen LogP contribution in [0.2, 0.25) is 0 Å². The minimum Gasteiger partial charge on any atom is -0.462 e. The number of nitrogens with one attached hydrogen (secondary N) is 1. The van der Waals surface area contributed by atoms with Crippen molar-refractivity contribution in [3.63, 3.8) is 0 Å². The average molecular weight is 360 g/mol. The maximum atomic E-state index is 12.3. The minimum atomic E-state index is -0.619. The molecule has 0 aliphatic carbocycles. The van der Waals surface area contributed by atoms with Crippen LogP contribution >= 0.6 is 0 Å². The first-order chi connectivity index (χ1) is 13.2. The largest absolute Gasteiger partial charge is 0.462 e. The average Bonchev–Trinajstić information content (AvgIpc) is 3.00. The highest BCUT2D eigenvalue weighted by molar-refractivity contribution is 6.12. The van der Waals surface area contributed by atoms with Gasteiger partial charge in [-0.05, 0) is 37.3 Å². The summed E-state index contributed by atoms with van der Waals surface area (Å²) in [6.07, 6.45) is 4.70. The lowest BCUT2D eigenvalue weighted by atomic mass is 10.0. The summed E-state index contributed by atoms with van der Waals surface area (Å²) in [7, 11) is 0. The number of ether oxygens (including phenoxy) is 1. The van der Waals surface area contributed by atoms with Gasteiger partial charge in [-0.25, -0.2) is 9.78 Å². The predicted octanol–water partition coefficient (Wildman–Crippen LogP) is 3.24. The van der Waals surface area contributed by atoms with E-state index in [-0.39, 0.29) is 12.5 Å². The Morgan fingerprint density at radius 3 is 3.04 bits per heavy atom. The molecule has 7 nitrogen and oxygen atoms in total. The van der Waals surface area contributed by atoms with Crippen molar-refractivity contribution in [3.05, 3.63) is 59.9 Å². The van der Waals surface area contributed by atoms with Crippen LogP contribution < -0.4 is 5.32 Å². The van der Waals surface area contributed by atoms with E-state index in [0.29, 0.717) is 22.6 Å². The number of benzene rings is 1. The molecule has 3 aromatic rings. The number of aliphatic imine (C=N–C) groups is 1. The van der Waals surface area contributed by atoms with Gasteiger partial charge in [0.15, 0.2) is 0 Å². The molecule has 1 N–H and O–H groups in total. The van der Waals surface area contributed by atoms with Crippen LogP contribution in [0.5, 0.6) is 0 Å². The van der Waals surface area contributed by atoms with Gasteiger partial charge in [0.05, 0.1) is 23.4 Å². The third-order valence-corrected chi connectivity index (χ3v) is 4.25. The summed E-state index contributed by atoms with van der Waals surface area (Å²) in [6.45, 7) is 2.01. The summed E-state index contributed by atoms with van der Waals surface area (Å²) in [5, 5.41) is 3.68. The molecule has 1 atom stereocenters. The molecule has 1 unspecified atom stereocenters. The van der Waals surface area contributed by atoms with Gasteiger partial charge in [-0.2, -0.15) is 0 Å². The van der Waals surface area contributed by atoms with Gasteiger partial charge in [0, 0.05) is 29.6 Å². The topological polar surface area (TPSA) is 93.5 Å². The number of aromatic nitrogens is 2. The fourth-order valence-electron chi connectivity index (χ4n) is 2.94. The van der Waals surface area contributed by atoms with E-state index < -0.39 is 11.9 Å². The molecule has 0 saturated carbocycles. The second-order valence-electron chi connectivity index (χ2n) is 6.01.